The summed E-state index contributed by atoms with van der Waals surface area (Å²) in [7, 11) is 0. The number of phenolic OH excluding ortho intramolecular Hbond substituents is 2. The van der Waals surface area contributed by atoms with E-state index < -0.39 is 0 Å². The molecular formula is C12H18N2O2. The van der Waals surface area contributed by atoms with E-state index in [1.165, 1.54) is 6.07 Å². The number of piperidine rings is 1. The summed E-state index contributed by atoms with van der Waals surface area (Å²) in [5, 5.41) is 22.1. The Kier molecular flexibility index (Phi) is 3.03. The topological polar surface area (TPSA) is 78.5 Å². The first-order valence-electron chi connectivity index (χ1n) is 5.59. The van der Waals surface area contributed by atoms with Gasteiger partial charge in [0, 0.05) is 18.1 Å². The zero-order chi connectivity index (χ0) is 11.7. The van der Waals surface area contributed by atoms with Gasteiger partial charge >= 0.3 is 0 Å². The molecule has 0 radical (unpaired) electrons. The van der Waals surface area contributed by atoms with Crippen molar-refractivity contribution in [3.63, 3.8) is 0 Å². The summed E-state index contributed by atoms with van der Waals surface area (Å²) < 4.78 is 0. The number of hydrogen-bond donors (Lipinski definition) is 4. The van der Waals surface area contributed by atoms with Crippen molar-refractivity contribution >= 4 is 0 Å². The van der Waals surface area contributed by atoms with E-state index in [-0.39, 0.29) is 23.6 Å². The fraction of sp³-hybridized carbons (Fsp3) is 0.500. The number of phenols is 2. The standard InChI is InChI=1S/C12H18N2O2/c1-7-4-9(13)6-10(14-7)8-2-3-11(15)12(16)5-8/h2-3,5,7,9-10,14-16H,4,6,13H2,1H3/t7-,9+,10-/m0/s1. The lowest BCUT2D eigenvalue weighted by atomic mass is 9.91. The molecule has 1 heterocycles. The number of nitrogens with two attached hydrogens (primary N) is 1. The minimum atomic E-state index is -0.0862. The molecule has 88 valence electrons. The maximum Gasteiger partial charge on any atom is 0.157 e. The number of nitrogens with one attached hydrogen (secondary N) is 1. The second kappa shape index (κ2) is 4.31. The molecule has 1 aromatic carbocycles. The van der Waals surface area contributed by atoms with Gasteiger partial charge in [-0.15, -0.1) is 0 Å². The van der Waals surface area contributed by atoms with Gasteiger partial charge in [0.25, 0.3) is 0 Å². The van der Waals surface area contributed by atoms with Crippen LogP contribution in [0.25, 0.3) is 0 Å². The van der Waals surface area contributed by atoms with Crippen LogP contribution in [0.4, 0.5) is 0 Å². The predicted molar refractivity (Wildman–Crippen MR) is 62.3 cm³/mol. The second-order valence-corrected chi connectivity index (χ2v) is 4.60. The molecule has 0 spiro atoms. The first-order chi connectivity index (χ1) is 7.56. The molecule has 4 nitrogen and oxygen atoms in total. The molecular weight excluding hydrogens is 204 g/mol. The van der Waals surface area contributed by atoms with Crippen LogP contribution in [-0.2, 0) is 0 Å². The first kappa shape index (κ1) is 11.2. The minimum Gasteiger partial charge on any atom is -0.504 e. The van der Waals surface area contributed by atoms with Crippen LogP contribution < -0.4 is 11.1 Å². The third kappa shape index (κ3) is 2.28. The summed E-state index contributed by atoms with van der Waals surface area (Å²) in [6.07, 6.45) is 1.83. The monoisotopic (exact) mass is 222 g/mol. The van der Waals surface area contributed by atoms with Gasteiger partial charge in [-0.2, -0.15) is 0 Å². The zero-order valence-electron chi connectivity index (χ0n) is 9.35. The molecule has 0 bridgehead atoms. The van der Waals surface area contributed by atoms with Gasteiger partial charge < -0.3 is 21.3 Å². The first-order valence-corrected chi connectivity index (χ1v) is 5.59. The van der Waals surface area contributed by atoms with Crippen molar-refractivity contribution in [2.45, 2.75) is 37.9 Å². The molecule has 3 atom stereocenters. The van der Waals surface area contributed by atoms with Gasteiger partial charge in [0.05, 0.1) is 0 Å². The van der Waals surface area contributed by atoms with Crippen LogP contribution >= 0.6 is 0 Å². The third-order valence-corrected chi connectivity index (χ3v) is 3.08. The fourth-order valence-corrected chi connectivity index (χ4v) is 2.32. The molecule has 0 unspecified atom stereocenters. The smallest absolute Gasteiger partial charge is 0.157 e. The van der Waals surface area contributed by atoms with Crippen molar-refractivity contribution in [1.29, 1.82) is 0 Å². The van der Waals surface area contributed by atoms with Crippen molar-refractivity contribution in [3.05, 3.63) is 23.8 Å². The van der Waals surface area contributed by atoms with Crippen LogP contribution in [0.15, 0.2) is 18.2 Å². The summed E-state index contributed by atoms with van der Waals surface area (Å²) in [6.45, 7) is 2.10. The molecule has 1 aliphatic heterocycles. The Morgan fingerprint density at radius 2 is 2.00 bits per heavy atom. The largest absolute Gasteiger partial charge is 0.504 e. The van der Waals surface area contributed by atoms with E-state index in [9.17, 15) is 10.2 Å². The predicted octanol–water partition coefficient (Wildman–Crippen LogP) is 1.24. The van der Waals surface area contributed by atoms with Gasteiger partial charge in [-0.1, -0.05) is 6.07 Å². The van der Waals surface area contributed by atoms with E-state index >= 15 is 0 Å². The Hall–Kier alpha value is -1.26. The Morgan fingerprint density at radius 1 is 1.25 bits per heavy atom. The lowest BCUT2D eigenvalue weighted by Crippen LogP contribution is -2.44. The van der Waals surface area contributed by atoms with Gasteiger partial charge in [0.1, 0.15) is 0 Å². The van der Waals surface area contributed by atoms with Crippen LogP contribution in [0.1, 0.15) is 31.4 Å². The Morgan fingerprint density at radius 3 is 2.62 bits per heavy atom. The van der Waals surface area contributed by atoms with Crippen LogP contribution in [0.2, 0.25) is 0 Å². The highest BCUT2D eigenvalue weighted by atomic mass is 16.3. The second-order valence-electron chi connectivity index (χ2n) is 4.60. The number of rotatable bonds is 1. The molecule has 0 saturated carbocycles. The van der Waals surface area contributed by atoms with Crippen LogP contribution in [-0.4, -0.2) is 22.3 Å². The average molecular weight is 222 g/mol. The van der Waals surface area contributed by atoms with E-state index in [0.29, 0.717) is 6.04 Å². The van der Waals surface area contributed by atoms with Crippen molar-refractivity contribution in [1.82, 2.24) is 5.32 Å². The van der Waals surface area contributed by atoms with Crippen molar-refractivity contribution in [2.24, 2.45) is 5.73 Å². The van der Waals surface area contributed by atoms with Crippen LogP contribution in [0, 0.1) is 0 Å². The molecule has 1 saturated heterocycles. The Labute approximate surface area is 95.1 Å². The van der Waals surface area contributed by atoms with Gasteiger partial charge in [0.2, 0.25) is 0 Å². The lowest BCUT2D eigenvalue weighted by molar-refractivity contribution is 0.306. The molecule has 0 amide bonds. The van der Waals surface area contributed by atoms with Gasteiger partial charge in [0.15, 0.2) is 11.5 Å². The normalized spacial score (nSPS) is 30.2. The average Bonchev–Trinajstić information content (AvgIpc) is 2.20. The zero-order valence-corrected chi connectivity index (χ0v) is 9.35. The molecule has 2 rings (SSSR count). The molecule has 5 N–H and O–H groups in total. The van der Waals surface area contributed by atoms with Crippen molar-refractivity contribution < 1.29 is 10.2 Å². The van der Waals surface area contributed by atoms with Gasteiger partial charge in [-0.25, -0.2) is 0 Å². The minimum absolute atomic E-state index is 0.0777. The molecule has 0 aromatic heterocycles. The maximum absolute atomic E-state index is 9.45. The highest BCUT2D eigenvalue weighted by molar-refractivity contribution is 5.41. The highest BCUT2D eigenvalue weighted by Gasteiger charge is 2.24. The summed E-state index contributed by atoms with van der Waals surface area (Å²) in [6, 6.07) is 5.65. The van der Waals surface area contributed by atoms with Gasteiger partial charge in [-0.3, -0.25) is 0 Å². The Balaban J connectivity index is 2.19. The third-order valence-electron chi connectivity index (χ3n) is 3.08. The molecule has 4 heteroatoms. The molecule has 1 aliphatic rings. The van der Waals surface area contributed by atoms with E-state index in [1.807, 2.05) is 6.07 Å². The highest BCUT2D eigenvalue weighted by Crippen LogP contribution is 2.31. The summed E-state index contributed by atoms with van der Waals surface area (Å²) in [4.78, 5) is 0. The molecule has 1 aromatic rings. The van der Waals surface area contributed by atoms with E-state index in [0.717, 1.165) is 18.4 Å². The van der Waals surface area contributed by atoms with E-state index in [4.69, 9.17) is 5.73 Å². The van der Waals surface area contributed by atoms with Crippen LogP contribution in [0.5, 0.6) is 11.5 Å². The quantitative estimate of drug-likeness (QED) is 0.539. The summed E-state index contributed by atoms with van der Waals surface area (Å²) in [5.74, 6) is -0.164. The lowest BCUT2D eigenvalue weighted by Gasteiger charge is -2.33. The van der Waals surface area contributed by atoms with Crippen molar-refractivity contribution in [2.75, 3.05) is 0 Å². The fourth-order valence-electron chi connectivity index (χ4n) is 2.32. The van der Waals surface area contributed by atoms with Crippen LogP contribution in [0.3, 0.4) is 0 Å². The van der Waals surface area contributed by atoms with Gasteiger partial charge in [-0.05, 0) is 37.5 Å². The SMILES string of the molecule is C[C@H]1C[C@@H](N)C[C@@H](c2ccc(O)c(O)c2)N1. The molecule has 0 aliphatic carbocycles. The Bertz CT molecular complexity index is 371. The number of benzene rings is 1. The number of hydrogen-bond acceptors (Lipinski definition) is 4. The van der Waals surface area contributed by atoms with Crippen molar-refractivity contribution in [3.8, 4) is 11.5 Å². The van der Waals surface area contributed by atoms with E-state index in [2.05, 4.69) is 12.2 Å². The van der Waals surface area contributed by atoms with E-state index in [1.54, 1.807) is 6.07 Å². The summed E-state index contributed by atoms with van der Waals surface area (Å²) >= 11 is 0. The summed E-state index contributed by atoms with van der Waals surface area (Å²) in [5.41, 5.74) is 6.94. The maximum atomic E-state index is 9.45. The molecule has 16 heavy (non-hydrogen) atoms. The molecule has 1 fully saturated rings. The number of aromatic hydroxyl groups is 2.